The number of alkyl halides is 3. The van der Waals surface area contributed by atoms with Crippen LogP contribution in [0.2, 0.25) is 0 Å². The Kier molecular flexibility index (Phi) is 6.38. The summed E-state index contributed by atoms with van der Waals surface area (Å²) in [6.07, 6.45) is 0. The number of carbonyl (C=O) groups is 1. The van der Waals surface area contributed by atoms with Crippen LogP contribution >= 0.6 is 11.8 Å². The summed E-state index contributed by atoms with van der Waals surface area (Å²) in [5, 5.41) is 0.600. The van der Waals surface area contributed by atoms with Gasteiger partial charge < -0.3 is 0 Å². The van der Waals surface area contributed by atoms with Crippen LogP contribution in [0.3, 0.4) is 0 Å². The number of thioether (sulfide) groups is 1. The van der Waals surface area contributed by atoms with Crippen molar-refractivity contribution in [3.63, 3.8) is 0 Å². The Balaban J connectivity index is 2.53. The van der Waals surface area contributed by atoms with Gasteiger partial charge in [-0.2, -0.15) is 17.5 Å². The Labute approximate surface area is 159 Å². The van der Waals surface area contributed by atoms with Crippen molar-refractivity contribution >= 4 is 33.4 Å². The molecule has 0 N–H and O–H groups in total. The molecule has 0 bridgehead atoms. The second-order valence-corrected chi connectivity index (χ2v) is 8.31. The number of amides is 1. The van der Waals surface area contributed by atoms with Gasteiger partial charge in [0, 0.05) is 5.57 Å². The van der Waals surface area contributed by atoms with Crippen molar-refractivity contribution in [3.8, 4) is 0 Å². The van der Waals surface area contributed by atoms with E-state index in [1.165, 1.54) is 36.4 Å². The van der Waals surface area contributed by atoms with E-state index in [4.69, 9.17) is 0 Å². The minimum atomic E-state index is -4.57. The Morgan fingerprint density at radius 2 is 1.59 bits per heavy atom. The fourth-order valence-corrected chi connectivity index (χ4v) is 3.97. The number of sulfonamides is 1. The first-order valence-electron chi connectivity index (χ1n) is 7.65. The molecule has 0 aliphatic heterocycles. The van der Waals surface area contributed by atoms with Crippen LogP contribution in [0, 0.1) is 6.92 Å². The molecular weight excluding hydrogens is 399 g/mol. The second kappa shape index (κ2) is 8.18. The van der Waals surface area contributed by atoms with Crippen LogP contribution in [-0.2, 0) is 14.8 Å². The lowest BCUT2D eigenvalue weighted by molar-refractivity contribution is -0.114. The minimum absolute atomic E-state index is 0.0350. The van der Waals surface area contributed by atoms with Crippen LogP contribution in [0.5, 0.6) is 0 Å². The van der Waals surface area contributed by atoms with Crippen LogP contribution in [-0.4, -0.2) is 19.8 Å². The van der Waals surface area contributed by atoms with Gasteiger partial charge in [0.05, 0.1) is 10.6 Å². The van der Waals surface area contributed by atoms with Gasteiger partial charge >= 0.3 is 5.51 Å². The second-order valence-electron chi connectivity index (χ2n) is 5.59. The third kappa shape index (κ3) is 5.36. The molecule has 0 aromatic heterocycles. The summed E-state index contributed by atoms with van der Waals surface area (Å²) in [5.41, 5.74) is -4.07. The summed E-state index contributed by atoms with van der Waals surface area (Å²) in [6, 6.07) is 13.3. The number of benzene rings is 2. The molecule has 144 valence electrons. The zero-order valence-electron chi connectivity index (χ0n) is 14.4. The van der Waals surface area contributed by atoms with Crippen LogP contribution in [0.1, 0.15) is 12.5 Å². The number of aryl methyl sites for hydroxylation is 1. The van der Waals surface area contributed by atoms with Crippen molar-refractivity contribution in [3.05, 3.63) is 71.1 Å². The molecule has 0 spiro atoms. The van der Waals surface area contributed by atoms with E-state index in [1.807, 2.05) is 0 Å². The number of hydrogen-bond acceptors (Lipinski definition) is 4. The quantitative estimate of drug-likeness (QED) is 0.654. The molecule has 0 heterocycles. The van der Waals surface area contributed by atoms with Gasteiger partial charge in [0.25, 0.3) is 15.9 Å². The first-order valence-corrected chi connectivity index (χ1v) is 9.97. The average Bonchev–Trinajstić information content (AvgIpc) is 2.60. The first kappa shape index (κ1) is 21.0. The predicted octanol–water partition coefficient (Wildman–Crippen LogP) is 4.87. The molecule has 0 aliphatic rings. The largest absolute Gasteiger partial charge is 0.445 e. The molecular formula is C18H16F3NO3S2. The summed E-state index contributed by atoms with van der Waals surface area (Å²) in [6.45, 7) is 2.92. The fraction of sp³-hybridized carbons (Fsp3) is 0.167. The average molecular weight is 415 g/mol. The minimum Gasteiger partial charge on any atom is -0.268 e. The highest BCUT2D eigenvalue weighted by atomic mass is 32.2. The van der Waals surface area contributed by atoms with E-state index in [0.29, 0.717) is 9.71 Å². The van der Waals surface area contributed by atoms with E-state index in [1.54, 1.807) is 25.1 Å². The normalized spacial score (nSPS) is 12.7. The van der Waals surface area contributed by atoms with Crippen molar-refractivity contribution in [2.75, 3.05) is 4.31 Å². The molecule has 0 saturated heterocycles. The van der Waals surface area contributed by atoms with Crippen LogP contribution in [0.25, 0.3) is 0 Å². The summed E-state index contributed by atoms with van der Waals surface area (Å²) in [5.74, 6) is -1.06. The number of halogens is 3. The molecule has 2 aromatic rings. The van der Waals surface area contributed by atoms with Gasteiger partial charge in [-0.3, -0.25) is 4.79 Å². The predicted molar refractivity (Wildman–Crippen MR) is 99.7 cm³/mol. The van der Waals surface area contributed by atoms with Gasteiger partial charge in [-0.1, -0.05) is 35.9 Å². The molecule has 0 unspecified atom stereocenters. The zero-order chi connectivity index (χ0) is 20.2. The molecule has 2 aromatic carbocycles. The van der Waals surface area contributed by atoms with Gasteiger partial charge in [0.1, 0.15) is 0 Å². The molecule has 2 rings (SSSR count). The molecule has 0 aliphatic carbocycles. The van der Waals surface area contributed by atoms with E-state index in [0.717, 1.165) is 12.5 Å². The third-order valence-electron chi connectivity index (χ3n) is 3.44. The molecule has 0 atom stereocenters. The van der Waals surface area contributed by atoms with E-state index >= 15 is 0 Å². The van der Waals surface area contributed by atoms with Crippen molar-refractivity contribution in [1.29, 1.82) is 0 Å². The smallest absolute Gasteiger partial charge is 0.268 e. The summed E-state index contributed by atoms with van der Waals surface area (Å²) in [7, 11) is -4.32. The number of rotatable bonds is 5. The fourth-order valence-electron chi connectivity index (χ4n) is 2.11. The Hall–Kier alpha value is -2.26. The monoisotopic (exact) mass is 415 g/mol. The standard InChI is InChI=1S/C18H16F3NO3S2/c1-13-8-10-16(11-9-13)27(24,25)22(15-6-4-3-5-7-15)17(23)14(2)12-26-18(19,20)21/h3-12H,1-2H3. The Bertz CT molecular complexity index is 938. The van der Waals surface area contributed by atoms with Gasteiger partial charge in [-0.25, -0.2) is 8.42 Å². The van der Waals surface area contributed by atoms with Crippen molar-refractivity contribution in [1.82, 2.24) is 0 Å². The first-order chi connectivity index (χ1) is 12.5. The zero-order valence-corrected chi connectivity index (χ0v) is 16.0. The molecule has 0 saturated carbocycles. The molecule has 1 amide bonds. The topological polar surface area (TPSA) is 54.5 Å². The van der Waals surface area contributed by atoms with E-state index in [-0.39, 0.29) is 16.2 Å². The van der Waals surface area contributed by atoms with Gasteiger partial charge in [0.2, 0.25) is 0 Å². The highest BCUT2D eigenvalue weighted by Crippen LogP contribution is 2.33. The van der Waals surface area contributed by atoms with Gasteiger partial charge in [0.15, 0.2) is 0 Å². The molecule has 4 nitrogen and oxygen atoms in total. The molecule has 0 fully saturated rings. The molecule has 27 heavy (non-hydrogen) atoms. The summed E-state index contributed by atoms with van der Waals surface area (Å²) >= 11 is -0.513. The van der Waals surface area contributed by atoms with Crippen LogP contribution in [0.4, 0.5) is 18.9 Å². The van der Waals surface area contributed by atoms with E-state index in [2.05, 4.69) is 0 Å². The number of carbonyl (C=O) groups excluding carboxylic acids is 1. The van der Waals surface area contributed by atoms with Crippen LogP contribution < -0.4 is 4.31 Å². The number of para-hydroxylation sites is 1. The maximum atomic E-state index is 13.0. The van der Waals surface area contributed by atoms with Crippen molar-refractivity contribution in [2.45, 2.75) is 24.3 Å². The highest BCUT2D eigenvalue weighted by Gasteiger charge is 2.33. The SMILES string of the molecule is CC(=CSC(F)(F)F)C(=O)N(c1ccccc1)S(=O)(=O)c1ccc(C)cc1. The summed E-state index contributed by atoms with van der Waals surface area (Å²) < 4.78 is 63.8. The lowest BCUT2D eigenvalue weighted by atomic mass is 10.2. The molecule has 0 radical (unpaired) electrons. The van der Waals surface area contributed by atoms with Crippen LogP contribution in [0.15, 0.2) is 70.5 Å². The Morgan fingerprint density at radius 1 is 1.04 bits per heavy atom. The number of nitrogens with zero attached hydrogens (tertiary/aromatic N) is 1. The lowest BCUT2D eigenvalue weighted by Crippen LogP contribution is -2.37. The van der Waals surface area contributed by atoms with E-state index in [9.17, 15) is 26.4 Å². The lowest BCUT2D eigenvalue weighted by Gasteiger charge is -2.23. The highest BCUT2D eigenvalue weighted by molar-refractivity contribution is 8.03. The van der Waals surface area contributed by atoms with Gasteiger partial charge in [-0.05, 0) is 55.3 Å². The third-order valence-corrected chi connectivity index (χ3v) is 5.90. The van der Waals surface area contributed by atoms with Gasteiger partial charge in [-0.15, -0.1) is 0 Å². The Morgan fingerprint density at radius 3 is 2.11 bits per heavy atom. The van der Waals surface area contributed by atoms with Crippen molar-refractivity contribution in [2.24, 2.45) is 0 Å². The number of anilines is 1. The maximum absolute atomic E-state index is 13.0. The van der Waals surface area contributed by atoms with Crippen molar-refractivity contribution < 1.29 is 26.4 Å². The maximum Gasteiger partial charge on any atom is 0.445 e. The summed E-state index contributed by atoms with van der Waals surface area (Å²) in [4.78, 5) is 12.6. The van der Waals surface area contributed by atoms with E-state index < -0.39 is 33.2 Å². The molecule has 9 heteroatoms. The number of hydrogen-bond donors (Lipinski definition) is 0.